The molecule has 1 aromatic heterocycles. The minimum Gasteiger partial charge on any atom is -0.481 e. The molecule has 1 aromatic carbocycles. The Kier molecular flexibility index (Phi) is 4.43. The van der Waals surface area contributed by atoms with Gasteiger partial charge in [0.05, 0.1) is 28.4 Å². The van der Waals surface area contributed by atoms with Crippen LogP contribution in [0.5, 0.6) is 0 Å². The third kappa shape index (κ3) is 3.00. The molecule has 0 saturated heterocycles. The van der Waals surface area contributed by atoms with Gasteiger partial charge in [-0.05, 0) is 24.6 Å². The van der Waals surface area contributed by atoms with Crippen LogP contribution in [0.25, 0.3) is 11.0 Å². The molecule has 0 saturated carbocycles. The zero-order valence-corrected chi connectivity index (χ0v) is 11.6. The molecule has 0 amide bonds. The molecule has 5 nitrogen and oxygen atoms in total. The average Bonchev–Trinajstić information content (AvgIpc) is 2.79. The molecule has 20 heavy (non-hydrogen) atoms. The van der Waals surface area contributed by atoms with Crippen LogP contribution in [0.15, 0.2) is 36.0 Å². The second kappa shape index (κ2) is 6.26. The molecule has 0 fully saturated rings. The maximum Gasteiger partial charge on any atom is 0.313 e. The third-order valence-corrected chi connectivity index (χ3v) is 3.69. The highest BCUT2D eigenvalue weighted by molar-refractivity contribution is 7.99. The minimum absolute atomic E-state index is 0.0392. The summed E-state index contributed by atoms with van der Waals surface area (Å²) >= 11 is 1.18. The third-order valence-electron chi connectivity index (χ3n) is 2.72. The fourth-order valence-electron chi connectivity index (χ4n) is 1.84. The van der Waals surface area contributed by atoms with Crippen LogP contribution in [-0.2, 0) is 11.3 Å². The van der Waals surface area contributed by atoms with Crippen molar-refractivity contribution >= 4 is 28.8 Å². The van der Waals surface area contributed by atoms with Gasteiger partial charge in [-0.2, -0.15) is 5.26 Å². The number of carbonyl (C=O) groups is 1. The fraction of sp³-hybridized carbons (Fsp3) is 0.214. The number of aliphatic carboxylic acids is 1. The predicted molar refractivity (Wildman–Crippen MR) is 77.6 cm³/mol. The first kappa shape index (κ1) is 14.2. The van der Waals surface area contributed by atoms with Crippen LogP contribution in [0, 0.1) is 11.3 Å². The first-order valence-electron chi connectivity index (χ1n) is 6.01. The number of nitrogens with zero attached hydrogens (tertiary/aromatic N) is 3. The van der Waals surface area contributed by atoms with E-state index in [4.69, 9.17) is 10.4 Å². The van der Waals surface area contributed by atoms with E-state index in [-0.39, 0.29) is 5.75 Å². The zero-order valence-electron chi connectivity index (χ0n) is 10.7. The van der Waals surface area contributed by atoms with E-state index in [9.17, 15) is 4.79 Å². The molecule has 2 aromatic rings. The Labute approximate surface area is 120 Å². The van der Waals surface area contributed by atoms with Crippen molar-refractivity contribution in [2.45, 2.75) is 18.1 Å². The number of fused-ring (bicyclic) bond motifs is 1. The molecule has 102 valence electrons. The summed E-state index contributed by atoms with van der Waals surface area (Å²) in [5, 5.41) is 18.4. The van der Waals surface area contributed by atoms with Gasteiger partial charge < -0.3 is 9.67 Å². The van der Waals surface area contributed by atoms with Crippen molar-refractivity contribution in [3.63, 3.8) is 0 Å². The largest absolute Gasteiger partial charge is 0.481 e. The highest BCUT2D eigenvalue weighted by Crippen LogP contribution is 2.25. The van der Waals surface area contributed by atoms with E-state index < -0.39 is 5.97 Å². The second-order valence-corrected chi connectivity index (χ2v) is 5.06. The number of hydrogen-bond acceptors (Lipinski definition) is 4. The summed E-state index contributed by atoms with van der Waals surface area (Å²) in [4.78, 5) is 15.1. The number of aromatic nitrogens is 2. The SMILES string of the molecule is C=CCCn1c(SCC(=O)O)nc2ccc(C#N)cc21. The Bertz CT molecular complexity index is 700. The number of nitriles is 1. The summed E-state index contributed by atoms with van der Waals surface area (Å²) in [5.74, 6) is -0.919. The fourth-order valence-corrected chi connectivity index (χ4v) is 2.60. The molecular weight excluding hydrogens is 274 g/mol. The number of benzene rings is 1. The van der Waals surface area contributed by atoms with Gasteiger partial charge >= 0.3 is 5.97 Å². The van der Waals surface area contributed by atoms with Crippen molar-refractivity contribution in [2.75, 3.05) is 5.75 Å². The van der Waals surface area contributed by atoms with Gasteiger partial charge in [-0.1, -0.05) is 17.8 Å². The van der Waals surface area contributed by atoms with Crippen molar-refractivity contribution in [1.29, 1.82) is 5.26 Å². The van der Waals surface area contributed by atoms with Crippen molar-refractivity contribution in [1.82, 2.24) is 9.55 Å². The lowest BCUT2D eigenvalue weighted by Crippen LogP contribution is -2.03. The Morgan fingerprint density at radius 3 is 3.05 bits per heavy atom. The summed E-state index contributed by atoms with van der Waals surface area (Å²) in [6.07, 6.45) is 2.55. The Morgan fingerprint density at radius 1 is 1.60 bits per heavy atom. The number of thioether (sulfide) groups is 1. The van der Waals surface area contributed by atoms with Crippen LogP contribution >= 0.6 is 11.8 Å². The summed E-state index contributed by atoms with van der Waals surface area (Å²) < 4.78 is 1.94. The molecule has 1 N–H and O–H groups in total. The van der Waals surface area contributed by atoms with E-state index in [1.165, 1.54) is 11.8 Å². The quantitative estimate of drug-likeness (QED) is 0.652. The van der Waals surface area contributed by atoms with Crippen LogP contribution in [0.1, 0.15) is 12.0 Å². The maximum atomic E-state index is 10.7. The predicted octanol–water partition coefficient (Wildman–Crippen LogP) is 2.66. The second-order valence-electron chi connectivity index (χ2n) is 4.12. The van der Waals surface area contributed by atoms with E-state index in [0.717, 1.165) is 17.5 Å². The normalized spacial score (nSPS) is 10.3. The molecule has 0 radical (unpaired) electrons. The van der Waals surface area contributed by atoms with Gasteiger partial charge in [0, 0.05) is 6.54 Å². The first-order valence-corrected chi connectivity index (χ1v) is 7.00. The van der Waals surface area contributed by atoms with E-state index >= 15 is 0 Å². The Balaban J connectivity index is 2.46. The van der Waals surface area contributed by atoms with Crippen molar-refractivity contribution in [3.05, 3.63) is 36.4 Å². The number of rotatable bonds is 6. The highest BCUT2D eigenvalue weighted by Gasteiger charge is 2.12. The van der Waals surface area contributed by atoms with Crippen molar-refractivity contribution in [3.8, 4) is 6.07 Å². The first-order chi connectivity index (χ1) is 9.65. The molecule has 0 aliphatic rings. The molecule has 0 spiro atoms. The molecule has 1 heterocycles. The van der Waals surface area contributed by atoms with Gasteiger partial charge in [0.15, 0.2) is 5.16 Å². The van der Waals surface area contributed by atoms with E-state index in [1.54, 1.807) is 24.3 Å². The lowest BCUT2D eigenvalue weighted by molar-refractivity contribution is -0.133. The molecule has 0 bridgehead atoms. The van der Waals surface area contributed by atoms with Crippen LogP contribution in [0.3, 0.4) is 0 Å². The average molecular weight is 287 g/mol. The minimum atomic E-state index is -0.880. The standard InChI is InChI=1S/C14H13N3O2S/c1-2-3-6-17-12-7-10(8-15)4-5-11(12)16-14(17)20-9-13(18)19/h2,4-5,7H,1,3,6,9H2,(H,18,19). The maximum absolute atomic E-state index is 10.7. The zero-order chi connectivity index (χ0) is 14.5. The number of imidazole rings is 1. The molecule has 0 aliphatic heterocycles. The van der Waals surface area contributed by atoms with Gasteiger partial charge in [-0.15, -0.1) is 6.58 Å². The lowest BCUT2D eigenvalue weighted by atomic mass is 10.2. The molecule has 2 rings (SSSR count). The van der Waals surface area contributed by atoms with Crippen LogP contribution in [0.4, 0.5) is 0 Å². The molecule has 6 heteroatoms. The highest BCUT2D eigenvalue weighted by atomic mass is 32.2. The number of carboxylic acids is 1. The topological polar surface area (TPSA) is 78.9 Å². The van der Waals surface area contributed by atoms with Crippen molar-refractivity contribution in [2.24, 2.45) is 0 Å². The summed E-state index contributed by atoms with van der Waals surface area (Å²) in [6.45, 7) is 4.35. The van der Waals surface area contributed by atoms with Crippen LogP contribution in [0.2, 0.25) is 0 Å². The van der Waals surface area contributed by atoms with Gasteiger partial charge in [-0.25, -0.2) is 4.98 Å². The monoisotopic (exact) mass is 287 g/mol. The summed E-state index contributed by atoms with van der Waals surface area (Å²) in [6, 6.07) is 7.36. The lowest BCUT2D eigenvalue weighted by Gasteiger charge is -2.06. The van der Waals surface area contributed by atoms with Crippen LogP contribution < -0.4 is 0 Å². The molecular formula is C14H13N3O2S. The Morgan fingerprint density at radius 2 is 2.40 bits per heavy atom. The van der Waals surface area contributed by atoms with Crippen molar-refractivity contribution < 1.29 is 9.90 Å². The molecule has 0 atom stereocenters. The Hall–Kier alpha value is -2.26. The molecule has 0 aliphatic carbocycles. The summed E-state index contributed by atoms with van der Waals surface area (Å²) in [5.41, 5.74) is 2.17. The number of allylic oxidation sites excluding steroid dienone is 1. The molecule has 0 unspecified atom stereocenters. The van der Waals surface area contributed by atoms with Gasteiger partial charge in [0.25, 0.3) is 0 Å². The van der Waals surface area contributed by atoms with Crippen LogP contribution in [-0.4, -0.2) is 26.4 Å². The van der Waals surface area contributed by atoms with E-state index in [2.05, 4.69) is 17.6 Å². The number of carboxylic acid groups (broad SMARTS) is 1. The smallest absolute Gasteiger partial charge is 0.313 e. The summed E-state index contributed by atoms with van der Waals surface area (Å²) in [7, 11) is 0. The number of hydrogen-bond donors (Lipinski definition) is 1. The van der Waals surface area contributed by atoms with E-state index in [0.29, 0.717) is 17.3 Å². The number of aryl methyl sites for hydroxylation is 1. The van der Waals surface area contributed by atoms with Gasteiger partial charge in [0.2, 0.25) is 0 Å². The van der Waals surface area contributed by atoms with E-state index in [1.807, 2.05) is 4.57 Å². The van der Waals surface area contributed by atoms with Gasteiger partial charge in [-0.3, -0.25) is 4.79 Å². The van der Waals surface area contributed by atoms with Gasteiger partial charge in [0.1, 0.15) is 0 Å².